The van der Waals surface area contributed by atoms with Crippen LogP contribution >= 0.6 is 0 Å². The van der Waals surface area contributed by atoms with E-state index in [2.05, 4.69) is 15.1 Å². The molecular formula is C12H14N6O. The van der Waals surface area contributed by atoms with Gasteiger partial charge in [0.25, 0.3) is 11.7 Å². The predicted octanol–water partition coefficient (Wildman–Crippen LogP) is 0.727. The average Bonchev–Trinajstić information content (AvgIpc) is 2.79. The van der Waals surface area contributed by atoms with Gasteiger partial charge < -0.3 is 4.90 Å². The van der Waals surface area contributed by atoms with E-state index >= 15 is 0 Å². The Balaban J connectivity index is 2.34. The SMILES string of the molecule is Cc1cc(C)n2nc(C(=O)N(C)CCC#N)nc2n1. The molecule has 0 saturated heterocycles. The summed E-state index contributed by atoms with van der Waals surface area (Å²) in [6.45, 7) is 4.10. The number of aryl methyl sites for hydroxylation is 2. The third kappa shape index (κ3) is 2.52. The van der Waals surface area contributed by atoms with Crippen molar-refractivity contribution in [1.29, 1.82) is 5.26 Å². The summed E-state index contributed by atoms with van der Waals surface area (Å²) < 4.78 is 1.54. The fraction of sp³-hybridized carbons (Fsp3) is 0.417. The minimum Gasteiger partial charge on any atom is -0.338 e. The zero-order chi connectivity index (χ0) is 14.0. The molecule has 0 aliphatic carbocycles. The van der Waals surface area contributed by atoms with Crippen molar-refractivity contribution in [3.63, 3.8) is 0 Å². The van der Waals surface area contributed by atoms with Crippen molar-refractivity contribution >= 4 is 11.7 Å². The van der Waals surface area contributed by atoms with Crippen LogP contribution < -0.4 is 0 Å². The Labute approximate surface area is 110 Å². The van der Waals surface area contributed by atoms with Gasteiger partial charge in [-0.3, -0.25) is 4.79 Å². The summed E-state index contributed by atoms with van der Waals surface area (Å²) in [5, 5.41) is 12.7. The highest BCUT2D eigenvalue weighted by Crippen LogP contribution is 2.06. The standard InChI is InChI=1S/C12H14N6O/c1-8-7-9(2)18-12(14-8)15-10(16-18)11(19)17(3)6-4-5-13/h7H,4,6H2,1-3H3. The Kier molecular flexibility index (Phi) is 3.42. The molecule has 2 aromatic heterocycles. The highest BCUT2D eigenvalue weighted by Gasteiger charge is 2.18. The van der Waals surface area contributed by atoms with Crippen molar-refractivity contribution in [1.82, 2.24) is 24.5 Å². The Morgan fingerprint density at radius 2 is 2.21 bits per heavy atom. The maximum atomic E-state index is 12.1. The minimum atomic E-state index is -0.308. The number of hydrogen-bond donors (Lipinski definition) is 0. The molecule has 0 aliphatic rings. The summed E-state index contributed by atoms with van der Waals surface area (Å²) >= 11 is 0. The average molecular weight is 258 g/mol. The van der Waals surface area contributed by atoms with Crippen molar-refractivity contribution in [3.8, 4) is 6.07 Å². The molecule has 0 unspecified atom stereocenters. The molecule has 0 bridgehead atoms. The lowest BCUT2D eigenvalue weighted by molar-refractivity contribution is 0.0786. The summed E-state index contributed by atoms with van der Waals surface area (Å²) in [4.78, 5) is 21.9. The molecule has 2 aromatic rings. The number of hydrogen-bond acceptors (Lipinski definition) is 5. The van der Waals surface area contributed by atoms with E-state index < -0.39 is 0 Å². The van der Waals surface area contributed by atoms with Crippen LogP contribution in [0.3, 0.4) is 0 Å². The Bertz CT molecular complexity index is 669. The molecule has 1 amide bonds. The molecule has 7 heteroatoms. The fourth-order valence-electron chi connectivity index (χ4n) is 1.75. The number of aromatic nitrogens is 4. The van der Waals surface area contributed by atoms with E-state index in [0.717, 1.165) is 11.4 Å². The molecule has 98 valence electrons. The number of nitriles is 1. The summed E-state index contributed by atoms with van der Waals surface area (Å²) in [6, 6.07) is 3.87. The lowest BCUT2D eigenvalue weighted by Crippen LogP contribution is -2.28. The first kappa shape index (κ1) is 13.0. The molecule has 0 N–H and O–H groups in total. The van der Waals surface area contributed by atoms with Gasteiger partial charge in [-0.05, 0) is 19.9 Å². The highest BCUT2D eigenvalue weighted by atomic mass is 16.2. The van der Waals surface area contributed by atoms with Gasteiger partial charge in [-0.2, -0.15) is 10.2 Å². The van der Waals surface area contributed by atoms with Crippen LogP contribution in [0.5, 0.6) is 0 Å². The van der Waals surface area contributed by atoms with Crippen LogP contribution in [0.4, 0.5) is 0 Å². The van der Waals surface area contributed by atoms with Crippen LogP contribution in [0.15, 0.2) is 6.07 Å². The predicted molar refractivity (Wildman–Crippen MR) is 67.4 cm³/mol. The first-order valence-corrected chi connectivity index (χ1v) is 5.86. The van der Waals surface area contributed by atoms with E-state index in [0.29, 0.717) is 12.3 Å². The quantitative estimate of drug-likeness (QED) is 0.809. The second kappa shape index (κ2) is 5.02. The molecule has 0 fully saturated rings. The highest BCUT2D eigenvalue weighted by molar-refractivity contribution is 5.90. The third-order valence-corrected chi connectivity index (χ3v) is 2.72. The second-order valence-electron chi connectivity index (χ2n) is 4.32. The largest absolute Gasteiger partial charge is 0.338 e. The smallest absolute Gasteiger partial charge is 0.293 e. The number of rotatable bonds is 3. The maximum absolute atomic E-state index is 12.1. The fourth-order valence-corrected chi connectivity index (χ4v) is 1.75. The third-order valence-electron chi connectivity index (χ3n) is 2.72. The van der Waals surface area contributed by atoms with Crippen molar-refractivity contribution < 1.29 is 4.79 Å². The number of carbonyl (C=O) groups is 1. The number of fused-ring (bicyclic) bond motifs is 1. The van der Waals surface area contributed by atoms with Gasteiger partial charge in [-0.1, -0.05) is 0 Å². The van der Waals surface area contributed by atoms with E-state index in [-0.39, 0.29) is 18.2 Å². The van der Waals surface area contributed by atoms with Crippen molar-refractivity contribution in [3.05, 3.63) is 23.3 Å². The summed E-state index contributed by atoms with van der Waals surface area (Å²) in [5.74, 6) is 0.203. The summed E-state index contributed by atoms with van der Waals surface area (Å²) in [5.41, 5.74) is 1.70. The van der Waals surface area contributed by atoms with E-state index in [1.54, 1.807) is 11.6 Å². The van der Waals surface area contributed by atoms with Crippen LogP contribution in [-0.4, -0.2) is 44.0 Å². The number of nitrogens with zero attached hydrogens (tertiary/aromatic N) is 6. The molecule has 19 heavy (non-hydrogen) atoms. The maximum Gasteiger partial charge on any atom is 0.293 e. The summed E-state index contributed by atoms with van der Waals surface area (Å²) in [7, 11) is 1.62. The zero-order valence-electron chi connectivity index (χ0n) is 11.1. The van der Waals surface area contributed by atoms with Crippen LogP contribution in [0.25, 0.3) is 5.78 Å². The van der Waals surface area contributed by atoms with E-state index in [1.165, 1.54) is 4.90 Å². The summed E-state index contributed by atoms with van der Waals surface area (Å²) in [6.07, 6.45) is 0.284. The molecule has 0 aliphatic heterocycles. The molecule has 0 atom stereocenters. The van der Waals surface area contributed by atoms with Gasteiger partial charge in [-0.15, -0.1) is 5.10 Å². The van der Waals surface area contributed by atoms with Gasteiger partial charge in [0, 0.05) is 25.0 Å². The molecule has 0 radical (unpaired) electrons. The molecule has 2 heterocycles. The van der Waals surface area contributed by atoms with Crippen molar-refractivity contribution in [2.45, 2.75) is 20.3 Å². The van der Waals surface area contributed by atoms with Crippen LogP contribution in [0, 0.1) is 25.2 Å². The topological polar surface area (TPSA) is 87.2 Å². The molecule has 0 spiro atoms. The second-order valence-corrected chi connectivity index (χ2v) is 4.32. The normalized spacial score (nSPS) is 10.4. The Hall–Kier alpha value is -2.49. The van der Waals surface area contributed by atoms with E-state index in [9.17, 15) is 4.79 Å². The lowest BCUT2D eigenvalue weighted by atomic mass is 10.4. The first-order chi connectivity index (χ1) is 9.02. The Morgan fingerprint density at radius 3 is 2.89 bits per heavy atom. The van der Waals surface area contributed by atoms with Gasteiger partial charge in [-0.25, -0.2) is 9.50 Å². The lowest BCUT2D eigenvalue weighted by Gasteiger charge is -2.12. The molecule has 0 aromatic carbocycles. The molecule has 2 rings (SSSR count). The minimum absolute atomic E-state index is 0.0987. The Morgan fingerprint density at radius 1 is 1.47 bits per heavy atom. The molecule has 7 nitrogen and oxygen atoms in total. The van der Waals surface area contributed by atoms with Crippen LogP contribution in [0.2, 0.25) is 0 Å². The van der Waals surface area contributed by atoms with E-state index in [1.807, 2.05) is 26.0 Å². The first-order valence-electron chi connectivity index (χ1n) is 5.86. The number of carbonyl (C=O) groups excluding carboxylic acids is 1. The van der Waals surface area contributed by atoms with Crippen molar-refractivity contribution in [2.24, 2.45) is 0 Å². The number of amides is 1. The van der Waals surface area contributed by atoms with E-state index in [4.69, 9.17) is 5.26 Å². The monoisotopic (exact) mass is 258 g/mol. The van der Waals surface area contributed by atoms with Gasteiger partial charge in [0.05, 0.1) is 12.5 Å². The van der Waals surface area contributed by atoms with Gasteiger partial charge in [0.15, 0.2) is 0 Å². The van der Waals surface area contributed by atoms with Gasteiger partial charge >= 0.3 is 0 Å². The van der Waals surface area contributed by atoms with Crippen LogP contribution in [-0.2, 0) is 0 Å². The van der Waals surface area contributed by atoms with Gasteiger partial charge in [0.1, 0.15) is 0 Å². The van der Waals surface area contributed by atoms with Gasteiger partial charge in [0.2, 0.25) is 5.82 Å². The van der Waals surface area contributed by atoms with Crippen LogP contribution in [0.1, 0.15) is 28.4 Å². The molecular weight excluding hydrogens is 244 g/mol. The zero-order valence-corrected chi connectivity index (χ0v) is 11.1. The van der Waals surface area contributed by atoms with Crippen molar-refractivity contribution in [2.75, 3.05) is 13.6 Å². The molecule has 0 saturated carbocycles.